The number of aryl methyl sites for hydroxylation is 1. The lowest BCUT2D eigenvalue weighted by molar-refractivity contribution is -0.141. The Balaban J connectivity index is 2.38. The van der Waals surface area contributed by atoms with Crippen LogP contribution in [-0.2, 0) is 9.59 Å². The summed E-state index contributed by atoms with van der Waals surface area (Å²) in [5.74, 6) is -2.37. The molecule has 1 heterocycles. The molecule has 0 saturated carbocycles. The summed E-state index contributed by atoms with van der Waals surface area (Å²) < 4.78 is 13.3. The normalized spacial score (nSPS) is 11.8. The first kappa shape index (κ1) is 19.3. The fraction of sp³-hybridized carbons (Fsp3) is 0.333. The van der Waals surface area contributed by atoms with Crippen LogP contribution >= 0.6 is 0 Å². The molecule has 8 heteroatoms. The van der Waals surface area contributed by atoms with Gasteiger partial charge in [0.1, 0.15) is 11.9 Å². The summed E-state index contributed by atoms with van der Waals surface area (Å²) in [4.78, 5) is 40.7. The molecule has 1 atom stereocenters. The number of hydrogen-bond acceptors (Lipinski definition) is 4. The molecule has 7 nitrogen and oxygen atoms in total. The molecule has 1 aromatic heterocycles. The minimum Gasteiger partial charge on any atom is -0.480 e. The number of carboxylic acid groups (broad SMARTS) is 1. The molecule has 0 aliphatic heterocycles. The number of pyridine rings is 1. The zero-order valence-corrected chi connectivity index (χ0v) is 14.7. The highest BCUT2D eigenvalue weighted by Crippen LogP contribution is 2.20. The largest absolute Gasteiger partial charge is 0.480 e. The molecule has 1 unspecified atom stereocenters. The smallest absolute Gasteiger partial charge is 0.326 e. The highest BCUT2D eigenvalue weighted by Gasteiger charge is 2.27. The second-order valence-electron chi connectivity index (χ2n) is 5.95. The Labute approximate surface area is 149 Å². The highest BCUT2D eigenvalue weighted by atomic mass is 19.1. The quantitative estimate of drug-likeness (QED) is 0.816. The third-order valence-corrected chi connectivity index (χ3v) is 4.01. The van der Waals surface area contributed by atoms with Crippen LogP contribution in [0.15, 0.2) is 24.3 Å². The van der Waals surface area contributed by atoms with E-state index in [1.807, 2.05) is 0 Å². The molecule has 2 amide bonds. The van der Waals surface area contributed by atoms with E-state index in [1.165, 1.54) is 32.0 Å². The van der Waals surface area contributed by atoms with Crippen LogP contribution in [0.4, 0.5) is 4.39 Å². The topological polar surface area (TPSA) is 99.6 Å². The molecule has 0 spiro atoms. The third kappa shape index (κ3) is 4.33. The zero-order valence-electron chi connectivity index (χ0n) is 14.7. The Kier molecular flexibility index (Phi) is 5.86. The fourth-order valence-electron chi connectivity index (χ4n) is 2.56. The number of carbonyl (C=O) groups excluding carboxylic acids is 2. The van der Waals surface area contributed by atoms with E-state index in [2.05, 4.69) is 10.3 Å². The van der Waals surface area contributed by atoms with Crippen LogP contribution < -0.4 is 5.32 Å². The second kappa shape index (κ2) is 7.90. The van der Waals surface area contributed by atoms with Crippen molar-refractivity contribution in [3.8, 4) is 0 Å². The van der Waals surface area contributed by atoms with Crippen molar-refractivity contribution in [1.29, 1.82) is 0 Å². The van der Waals surface area contributed by atoms with E-state index in [0.717, 1.165) is 4.90 Å². The van der Waals surface area contributed by atoms with Gasteiger partial charge < -0.3 is 15.3 Å². The Morgan fingerprint density at radius 2 is 2.00 bits per heavy atom. The number of aromatic nitrogens is 1. The zero-order chi connectivity index (χ0) is 19.4. The maximum absolute atomic E-state index is 13.3. The Hall–Kier alpha value is -3.03. The van der Waals surface area contributed by atoms with Gasteiger partial charge in [0.2, 0.25) is 5.91 Å². The van der Waals surface area contributed by atoms with Gasteiger partial charge in [0.15, 0.2) is 0 Å². The molecule has 0 radical (unpaired) electrons. The van der Waals surface area contributed by atoms with E-state index < -0.39 is 23.7 Å². The number of aliphatic carboxylic acids is 1. The summed E-state index contributed by atoms with van der Waals surface area (Å²) in [5, 5.41) is 12.4. The van der Waals surface area contributed by atoms with Gasteiger partial charge in [-0.3, -0.25) is 14.6 Å². The van der Waals surface area contributed by atoms with E-state index in [4.69, 9.17) is 0 Å². The highest BCUT2D eigenvalue weighted by molar-refractivity contribution is 6.00. The number of rotatable bonds is 6. The summed E-state index contributed by atoms with van der Waals surface area (Å²) in [5.41, 5.74) is 1.02. The number of fused-ring (bicyclic) bond motifs is 1. The van der Waals surface area contributed by atoms with Crippen molar-refractivity contribution in [2.75, 3.05) is 13.1 Å². The predicted octanol–water partition coefficient (Wildman–Crippen LogP) is 1.73. The molecular weight excluding hydrogens is 341 g/mol. The SMILES string of the molecule is CC(=O)NCCN(C(=O)c1cc2ccc(F)cc2nc1C)C(C)C(=O)O. The van der Waals surface area contributed by atoms with Crippen molar-refractivity contribution < 1.29 is 23.9 Å². The predicted molar refractivity (Wildman–Crippen MR) is 93.3 cm³/mol. The molecular formula is C18H20FN3O4. The van der Waals surface area contributed by atoms with Crippen molar-refractivity contribution in [3.05, 3.63) is 41.3 Å². The first-order chi connectivity index (χ1) is 12.2. The van der Waals surface area contributed by atoms with E-state index in [9.17, 15) is 23.9 Å². The van der Waals surface area contributed by atoms with Crippen molar-refractivity contribution >= 4 is 28.7 Å². The summed E-state index contributed by atoms with van der Waals surface area (Å²) in [6, 6.07) is 4.53. The number of carboxylic acids is 1. The van der Waals surface area contributed by atoms with Gasteiger partial charge in [-0.2, -0.15) is 0 Å². The van der Waals surface area contributed by atoms with Gasteiger partial charge in [-0.1, -0.05) is 0 Å². The molecule has 0 aliphatic rings. The van der Waals surface area contributed by atoms with Crippen molar-refractivity contribution in [2.45, 2.75) is 26.8 Å². The van der Waals surface area contributed by atoms with Crippen LogP contribution in [0.1, 0.15) is 29.9 Å². The van der Waals surface area contributed by atoms with Crippen LogP contribution in [0.2, 0.25) is 0 Å². The monoisotopic (exact) mass is 361 g/mol. The molecule has 26 heavy (non-hydrogen) atoms. The number of carbonyl (C=O) groups is 3. The van der Waals surface area contributed by atoms with Gasteiger partial charge in [-0.05, 0) is 32.0 Å². The lowest BCUT2D eigenvalue weighted by atomic mass is 10.1. The Morgan fingerprint density at radius 3 is 2.62 bits per heavy atom. The number of nitrogens with one attached hydrogen (secondary N) is 1. The maximum atomic E-state index is 13.3. The molecule has 0 saturated heterocycles. The standard InChI is InChI=1S/C18H20FN3O4/c1-10-15(8-13-4-5-14(19)9-16(13)21-10)17(24)22(11(2)18(25)26)7-6-20-12(3)23/h4-5,8-9,11H,6-7H2,1-3H3,(H,20,23)(H,25,26). The average molecular weight is 361 g/mol. The number of amides is 2. The second-order valence-corrected chi connectivity index (χ2v) is 5.95. The minimum atomic E-state index is -1.16. The molecule has 2 rings (SSSR count). The molecule has 0 bridgehead atoms. The average Bonchev–Trinajstić information content (AvgIpc) is 2.56. The van der Waals surface area contributed by atoms with Crippen molar-refractivity contribution in [3.63, 3.8) is 0 Å². The van der Waals surface area contributed by atoms with E-state index >= 15 is 0 Å². The molecule has 0 fully saturated rings. The van der Waals surface area contributed by atoms with E-state index in [0.29, 0.717) is 16.6 Å². The van der Waals surface area contributed by atoms with Crippen LogP contribution in [0, 0.1) is 12.7 Å². The summed E-state index contributed by atoms with van der Waals surface area (Å²) >= 11 is 0. The van der Waals surface area contributed by atoms with Crippen molar-refractivity contribution in [1.82, 2.24) is 15.2 Å². The lowest BCUT2D eigenvalue weighted by Crippen LogP contribution is -2.47. The molecule has 2 N–H and O–H groups in total. The Morgan fingerprint density at radius 1 is 1.31 bits per heavy atom. The molecule has 1 aromatic carbocycles. The van der Waals surface area contributed by atoms with Gasteiger partial charge in [-0.15, -0.1) is 0 Å². The number of hydrogen-bond donors (Lipinski definition) is 2. The lowest BCUT2D eigenvalue weighted by Gasteiger charge is -2.27. The van der Waals surface area contributed by atoms with E-state index in [1.54, 1.807) is 13.0 Å². The number of halogens is 1. The molecule has 2 aromatic rings. The van der Waals surface area contributed by atoms with Crippen LogP contribution in [0.25, 0.3) is 10.9 Å². The van der Waals surface area contributed by atoms with Gasteiger partial charge in [0.25, 0.3) is 5.91 Å². The molecule has 138 valence electrons. The minimum absolute atomic E-state index is 0.0345. The number of nitrogens with zero attached hydrogens (tertiary/aromatic N) is 2. The summed E-state index contributed by atoms with van der Waals surface area (Å²) in [7, 11) is 0. The van der Waals surface area contributed by atoms with Crippen molar-refractivity contribution in [2.24, 2.45) is 0 Å². The molecule has 0 aliphatic carbocycles. The fourth-order valence-corrected chi connectivity index (χ4v) is 2.56. The third-order valence-electron chi connectivity index (χ3n) is 4.01. The van der Waals surface area contributed by atoms with Gasteiger partial charge >= 0.3 is 5.97 Å². The van der Waals surface area contributed by atoms with Gasteiger partial charge in [-0.25, -0.2) is 9.18 Å². The van der Waals surface area contributed by atoms with Crippen LogP contribution in [0.3, 0.4) is 0 Å². The van der Waals surface area contributed by atoms with Gasteiger partial charge in [0, 0.05) is 31.5 Å². The van der Waals surface area contributed by atoms with Gasteiger partial charge in [0.05, 0.1) is 16.8 Å². The summed E-state index contributed by atoms with van der Waals surface area (Å²) in [6.07, 6.45) is 0. The maximum Gasteiger partial charge on any atom is 0.326 e. The summed E-state index contributed by atoms with van der Waals surface area (Å²) in [6.45, 7) is 4.50. The first-order valence-electron chi connectivity index (χ1n) is 8.06. The van der Waals surface area contributed by atoms with Crippen LogP contribution in [-0.4, -0.2) is 51.9 Å². The number of benzene rings is 1. The van der Waals surface area contributed by atoms with E-state index in [-0.39, 0.29) is 24.6 Å². The first-order valence-corrected chi connectivity index (χ1v) is 8.06. The van der Waals surface area contributed by atoms with Crippen LogP contribution in [0.5, 0.6) is 0 Å². The Bertz CT molecular complexity index is 869.